The molecule has 7 heteroatoms. The van der Waals surface area contributed by atoms with Crippen molar-refractivity contribution in [1.29, 1.82) is 0 Å². The van der Waals surface area contributed by atoms with Crippen LogP contribution < -0.4 is 9.62 Å². The second-order valence-electron chi connectivity index (χ2n) is 5.18. The zero-order chi connectivity index (χ0) is 15.9. The summed E-state index contributed by atoms with van der Waals surface area (Å²) in [6, 6.07) is 4.41. The predicted molar refractivity (Wildman–Crippen MR) is 83.8 cm³/mol. The lowest BCUT2D eigenvalue weighted by Gasteiger charge is -2.28. The van der Waals surface area contributed by atoms with Gasteiger partial charge in [-0.15, -0.1) is 4.72 Å². The lowest BCUT2D eigenvalue weighted by Crippen LogP contribution is -2.34. The van der Waals surface area contributed by atoms with Gasteiger partial charge in [-0.25, -0.2) is 4.39 Å². The van der Waals surface area contributed by atoms with Gasteiger partial charge in [0.2, 0.25) is 0 Å². The first-order valence-corrected chi connectivity index (χ1v) is 8.46. The molecule has 0 amide bonds. The fourth-order valence-electron chi connectivity index (χ4n) is 2.32. The highest BCUT2D eigenvalue weighted by Gasteiger charge is 2.20. The van der Waals surface area contributed by atoms with Crippen LogP contribution in [0.1, 0.15) is 19.3 Å². The second-order valence-corrected chi connectivity index (χ2v) is 6.48. The summed E-state index contributed by atoms with van der Waals surface area (Å²) in [6.45, 7) is 2.27. The Hall–Kier alpha value is -1.15. The number of carbonyl (C=O) groups excluding carboxylic acids is 1. The van der Waals surface area contributed by atoms with Gasteiger partial charge in [-0.1, -0.05) is 0 Å². The summed E-state index contributed by atoms with van der Waals surface area (Å²) >= 11 is -1.46. The third-order valence-corrected chi connectivity index (χ3v) is 4.64. The van der Waals surface area contributed by atoms with E-state index in [1.54, 1.807) is 13.2 Å². The molecule has 22 heavy (non-hydrogen) atoms. The van der Waals surface area contributed by atoms with Crippen LogP contribution in [0.2, 0.25) is 0 Å². The summed E-state index contributed by atoms with van der Waals surface area (Å²) in [4.78, 5) is 13.6. The number of hydrogen-bond donors (Lipinski definition) is 1. The number of piperidine rings is 1. The van der Waals surface area contributed by atoms with E-state index in [4.69, 9.17) is 4.74 Å². The Balaban J connectivity index is 2.01. The van der Waals surface area contributed by atoms with Gasteiger partial charge in [0.05, 0.1) is 11.4 Å². The second kappa shape index (κ2) is 8.47. The van der Waals surface area contributed by atoms with E-state index in [0.717, 1.165) is 6.42 Å². The number of anilines is 1. The number of hydrogen-bond acceptors (Lipinski definition) is 5. The van der Waals surface area contributed by atoms with Gasteiger partial charge in [0.25, 0.3) is 0 Å². The maximum absolute atomic E-state index is 13.8. The Morgan fingerprint density at radius 1 is 1.36 bits per heavy atom. The molecule has 0 radical (unpaired) electrons. The SMILES string of the molecule is COCCCN[S+]([O-])c1cc(F)cc(N2CCC(=O)CC2)c1. The molecule has 0 bridgehead atoms. The van der Waals surface area contributed by atoms with Crippen LogP contribution in [0.25, 0.3) is 0 Å². The monoisotopic (exact) mass is 328 g/mol. The maximum Gasteiger partial charge on any atom is 0.178 e. The third kappa shape index (κ3) is 4.95. The van der Waals surface area contributed by atoms with Crippen molar-refractivity contribution in [3.63, 3.8) is 0 Å². The molecule has 1 aliphatic heterocycles. The van der Waals surface area contributed by atoms with E-state index in [2.05, 4.69) is 4.72 Å². The highest BCUT2D eigenvalue weighted by atomic mass is 32.2. The molecule has 1 atom stereocenters. The summed E-state index contributed by atoms with van der Waals surface area (Å²) in [5, 5.41) is 0. The average Bonchev–Trinajstić information content (AvgIpc) is 2.51. The van der Waals surface area contributed by atoms with Crippen molar-refractivity contribution in [3.05, 3.63) is 24.0 Å². The number of Topliss-reactive ketones (excluding diaryl/α,β-unsaturated/α-hetero) is 1. The number of nitrogens with one attached hydrogen (secondary N) is 1. The van der Waals surface area contributed by atoms with Crippen LogP contribution in [-0.2, 0) is 20.9 Å². The molecule has 1 unspecified atom stereocenters. The van der Waals surface area contributed by atoms with E-state index in [0.29, 0.717) is 49.7 Å². The van der Waals surface area contributed by atoms with Crippen LogP contribution in [0.5, 0.6) is 0 Å². The Kier molecular flexibility index (Phi) is 6.63. The largest absolute Gasteiger partial charge is 0.593 e. The maximum atomic E-state index is 13.8. The zero-order valence-corrected chi connectivity index (χ0v) is 13.5. The number of halogens is 1. The molecule has 1 aromatic carbocycles. The van der Waals surface area contributed by atoms with Gasteiger partial charge in [0.1, 0.15) is 11.6 Å². The topological polar surface area (TPSA) is 64.6 Å². The van der Waals surface area contributed by atoms with Gasteiger partial charge in [-0.2, -0.15) is 0 Å². The molecule has 0 saturated carbocycles. The Morgan fingerprint density at radius 3 is 2.77 bits per heavy atom. The normalized spacial score (nSPS) is 16.9. The Morgan fingerprint density at radius 2 is 2.09 bits per heavy atom. The van der Waals surface area contributed by atoms with Crippen molar-refractivity contribution < 1.29 is 18.5 Å². The lowest BCUT2D eigenvalue weighted by atomic mass is 10.1. The first-order valence-electron chi connectivity index (χ1n) is 7.31. The molecule has 1 heterocycles. The molecule has 1 aliphatic rings. The highest BCUT2D eigenvalue weighted by molar-refractivity contribution is 7.89. The molecule has 2 rings (SSSR count). The molecule has 0 spiro atoms. The fraction of sp³-hybridized carbons (Fsp3) is 0.533. The van der Waals surface area contributed by atoms with Crippen LogP contribution in [0.3, 0.4) is 0 Å². The first kappa shape index (κ1) is 17.2. The first-order chi connectivity index (χ1) is 10.6. The minimum atomic E-state index is -1.46. The van der Waals surface area contributed by atoms with Crippen molar-refractivity contribution in [2.45, 2.75) is 24.2 Å². The lowest BCUT2D eigenvalue weighted by molar-refractivity contribution is -0.119. The smallest absolute Gasteiger partial charge is 0.178 e. The van der Waals surface area contributed by atoms with E-state index in [-0.39, 0.29) is 5.78 Å². The van der Waals surface area contributed by atoms with Crippen LogP contribution in [0, 0.1) is 5.82 Å². The predicted octanol–water partition coefficient (Wildman–Crippen LogP) is 1.64. The van der Waals surface area contributed by atoms with Gasteiger partial charge in [0.15, 0.2) is 4.90 Å². The van der Waals surface area contributed by atoms with E-state index in [1.807, 2.05) is 4.90 Å². The molecule has 1 fully saturated rings. The van der Waals surface area contributed by atoms with Crippen LogP contribution >= 0.6 is 0 Å². The van der Waals surface area contributed by atoms with Crippen molar-refractivity contribution in [1.82, 2.24) is 4.72 Å². The fourth-order valence-corrected chi connectivity index (χ4v) is 3.26. The summed E-state index contributed by atoms with van der Waals surface area (Å²) in [5.74, 6) is -0.187. The summed E-state index contributed by atoms with van der Waals surface area (Å²) in [7, 11) is 1.61. The number of nitrogens with zero attached hydrogens (tertiary/aromatic N) is 1. The number of ether oxygens (including phenoxy) is 1. The van der Waals surface area contributed by atoms with Gasteiger partial charge >= 0.3 is 0 Å². The van der Waals surface area contributed by atoms with Gasteiger partial charge in [-0.3, -0.25) is 4.79 Å². The Bertz CT molecular complexity index is 506. The number of benzene rings is 1. The number of methoxy groups -OCH3 is 1. The summed E-state index contributed by atoms with van der Waals surface area (Å²) in [5.41, 5.74) is 0.676. The van der Waals surface area contributed by atoms with Crippen LogP contribution in [-0.4, -0.2) is 43.7 Å². The van der Waals surface area contributed by atoms with Crippen LogP contribution in [0.4, 0.5) is 10.1 Å². The molecule has 122 valence electrons. The van der Waals surface area contributed by atoms with E-state index in [9.17, 15) is 13.7 Å². The molecule has 1 N–H and O–H groups in total. The number of rotatable bonds is 7. The summed E-state index contributed by atoms with van der Waals surface area (Å²) < 4.78 is 33.7. The molecule has 0 aromatic heterocycles. The quantitative estimate of drug-likeness (QED) is 0.609. The number of ketones is 1. The van der Waals surface area contributed by atoms with Crippen molar-refractivity contribution >= 4 is 22.8 Å². The van der Waals surface area contributed by atoms with Crippen molar-refractivity contribution in [2.24, 2.45) is 0 Å². The van der Waals surface area contributed by atoms with Crippen molar-refractivity contribution in [2.75, 3.05) is 38.3 Å². The van der Waals surface area contributed by atoms with Crippen LogP contribution in [0.15, 0.2) is 23.1 Å². The van der Waals surface area contributed by atoms with E-state index < -0.39 is 17.2 Å². The van der Waals surface area contributed by atoms with Gasteiger partial charge < -0.3 is 14.2 Å². The van der Waals surface area contributed by atoms with Gasteiger partial charge in [0, 0.05) is 64.0 Å². The number of carbonyl (C=O) groups is 1. The molecular weight excluding hydrogens is 307 g/mol. The zero-order valence-electron chi connectivity index (χ0n) is 12.6. The average molecular weight is 328 g/mol. The standard InChI is InChI=1S/C15H21FN2O3S/c1-21-8-2-5-17-22(20)15-10-12(16)9-13(11-15)18-6-3-14(19)4-7-18/h9-11,17H,2-8H2,1H3. The highest BCUT2D eigenvalue weighted by Crippen LogP contribution is 2.24. The van der Waals surface area contributed by atoms with Gasteiger partial charge in [-0.05, 0) is 12.5 Å². The summed E-state index contributed by atoms with van der Waals surface area (Å²) in [6.07, 6.45) is 1.69. The minimum absolute atomic E-state index is 0.233. The molecule has 1 aromatic rings. The third-order valence-electron chi connectivity index (χ3n) is 3.51. The van der Waals surface area contributed by atoms with E-state index >= 15 is 0 Å². The molecule has 0 aliphatic carbocycles. The molecular formula is C15H21FN2O3S. The molecule has 5 nitrogen and oxygen atoms in total. The molecule has 1 saturated heterocycles. The van der Waals surface area contributed by atoms with E-state index in [1.165, 1.54) is 12.1 Å². The minimum Gasteiger partial charge on any atom is -0.593 e. The Labute approximate surface area is 133 Å². The van der Waals surface area contributed by atoms with Crippen molar-refractivity contribution in [3.8, 4) is 0 Å².